The number of carbonyl (C=O) groups is 3. The molecule has 2 rings (SSSR count). The van der Waals surface area contributed by atoms with Gasteiger partial charge >= 0.3 is 5.97 Å². The Morgan fingerprint density at radius 1 is 1.29 bits per heavy atom. The number of esters is 1. The molecule has 2 amide bonds. The third-order valence-corrected chi connectivity index (χ3v) is 3.59. The summed E-state index contributed by atoms with van der Waals surface area (Å²) in [5, 5.41) is 9.66. The number of aryl methyl sites for hydroxylation is 1. The lowest BCUT2D eigenvalue weighted by molar-refractivity contribution is -0.149. The van der Waals surface area contributed by atoms with E-state index >= 15 is 0 Å². The molecule has 0 radical (unpaired) electrons. The lowest BCUT2D eigenvalue weighted by atomic mass is 10.0. The average molecular weight is 291 g/mol. The van der Waals surface area contributed by atoms with Crippen molar-refractivity contribution in [2.24, 2.45) is 5.92 Å². The molecule has 6 heteroatoms. The summed E-state index contributed by atoms with van der Waals surface area (Å²) in [6.07, 6.45) is -1.02. The van der Waals surface area contributed by atoms with Crippen LogP contribution in [0.25, 0.3) is 0 Å². The minimum Gasteiger partial charge on any atom is -0.469 e. The largest absolute Gasteiger partial charge is 0.469 e. The van der Waals surface area contributed by atoms with Crippen molar-refractivity contribution in [3.63, 3.8) is 0 Å². The fourth-order valence-corrected chi connectivity index (χ4v) is 2.34. The van der Waals surface area contributed by atoms with Crippen LogP contribution in [0, 0.1) is 12.8 Å². The Hall–Kier alpha value is -2.21. The number of carbonyl (C=O) groups excluding carboxylic acids is 3. The van der Waals surface area contributed by atoms with Crippen molar-refractivity contribution in [1.82, 2.24) is 4.90 Å². The number of hydrogen-bond acceptors (Lipinski definition) is 5. The first kappa shape index (κ1) is 15.2. The monoisotopic (exact) mass is 291 g/mol. The van der Waals surface area contributed by atoms with E-state index < -0.39 is 29.8 Å². The summed E-state index contributed by atoms with van der Waals surface area (Å²) in [5.74, 6) is -2.52. The predicted octanol–water partition coefficient (Wildman–Crippen LogP) is 0.761. The van der Waals surface area contributed by atoms with Crippen molar-refractivity contribution in [3.05, 3.63) is 34.9 Å². The molecular weight excluding hydrogens is 274 g/mol. The van der Waals surface area contributed by atoms with Gasteiger partial charge in [0.2, 0.25) is 0 Å². The van der Waals surface area contributed by atoms with Gasteiger partial charge in [-0.05, 0) is 26.0 Å². The summed E-state index contributed by atoms with van der Waals surface area (Å²) in [7, 11) is 1.20. The van der Waals surface area contributed by atoms with Gasteiger partial charge in [-0.1, -0.05) is 11.6 Å². The molecule has 0 aliphatic carbocycles. The first-order chi connectivity index (χ1) is 9.86. The van der Waals surface area contributed by atoms with Crippen molar-refractivity contribution >= 4 is 17.8 Å². The van der Waals surface area contributed by atoms with Crippen LogP contribution in [-0.4, -0.2) is 47.5 Å². The molecule has 112 valence electrons. The molecule has 0 aromatic heterocycles. The number of benzene rings is 1. The summed E-state index contributed by atoms with van der Waals surface area (Å²) in [6, 6.07) is 4.99. The van der Waals surface area contributed by atoms with Crippen LogP contribution in [0.5, 0.6) is 0 Å². The summed E-state index contributed by atoms with van der Waals surface area (Å²) >= 11 is 0. The quantitative estimate of drug-likeness (QED) is 0.654. The number of aliphatic hydroxyl groups excluding tert-OH is 1. The van der Waals surface area contributed by atoms with Gasteiger partial charge in [0.05, 0.1) is 24.3 Å². The number of amides is 2. The average Bonchev–Trinajstić information content (AvgIpc) is 2.67. The number of nitrogens with zero attached hydrogens (tertiary/aromatic N) is 1. The molecule has 21 heavy (non-hydrogen) atoms. The number of aliphatic hydroxyl groups is 1. The number of methoxy groups -OCH3 is 1. The zero-order valence-corrected chi connectivity index (χ0v) is 12.1. The summed E-state index contributed by atoms with van der Waals surface area (Å²) in [5.41, 5.74) is 1.52. The van der Waals surface area contributed by atoms with Gasteiger partial charge in [0, 0.05) is 6.54 Å². The van der Waals surface area contributed by atoms with Crippen molar-refractivity contribution in [3.8, 4) is 0 Å². The number of hydrogen-bond donors (Lipinski definition) is 1. The molecular formula is C15H17NO5. The number of imide groups is 1. The molecule has 1 heterocycles. The van der Waals surface area contributed by atoms with Gasteiger partial charge in [0.1, 0.15) is 5.92 Å². The van der Waals surface area contributed by atoms with E-state index in [1.807, 2.05) is 6.92 Å². The van der Waals surface area contributed by atoms with Gasteiger partial charge in [0.15, 0.2) is 0 Å². The van der Waals surface area contributed by atoms with E-state index in [2.05, 4.69) is 4.74 Å². The van der Waals surface area contributed by atoms with Crippen molar-refractivity contribution in [2.75, 3.05) is 13.7 Å². The van der Waals surface area contributed by atoms with E-state index in [1.54, 1.807) is 18.2 Å². The second kappa shape index (κ2) is 5.65. The molecule has 0 saturated heterocycles. The Morgan fingerprint density at radius 2 is 1.90 bits per heavy atom. The Bertz CT molecular complexity index is 608. The number of rotatable bonds is 4. The first-order valence-electron chi connectivity index (χ1n) is 6.59. The van der Waals surface area contributed by atoms with E-state index in [1.165, 1.54) is 14.0 Å². The molecule has 0 bridgehead atoms. The minimum absolute atomic E-state index is 0.199. The van der Waals surface area contributed by atoms with Crippen LogP contribution in [0.15, 0.2) is 18.2 Å². The normalized spacial score (nSPS) is 16.7. The number of fused-ring (bicyclic) bond motifs is 1. The highest BCUT2D eigenvalue weighted by atomic mass is 16.5. The highest BCUT2D eigenvalue weighted by molar-refractivity contribution is 6.21. The second-order valence-electron chi connectivity index (χ2n) is 5.14. The van der Waals surface area contributed by atoms with Gasteiger partial charge in [0.25, 0.3) is 11.8 Å². The first-order valence-corrected chi connectivity index (χ1v) is 6.59. The maximum atomic E-state index is 12.3. The van der Waals surface area contributed by atoms with Gasteiger partial charge in [-0.25, -0.2) is 0 Å². The lowest BCUT2D eigenvalue weighted by Gasteiger charge is -2.22. The fraction of sp³-hybridized carbons (Fsp3) is 0.400. The molecule has 0 fully saturated rings. The van der Waals surface area contributed by atoms with E-state index in [4.69, 9.17) is 0 Å². The third kappa shape index (κ3) is 2.67. The van der Waals surface area contributed by atoms with Crippen LogP contribution < -0.4 is 0 Å². The van der Waals surface area contributed by atoms with Crippen molar-refractivity contribution in [1.29, 1.82) is 0 Å². The van der Waals surface area contributed by atoms with E-state index in [0.717, 1.165) is 10.5 Å². The molecule has 1 aliphatic rings. The van der Waals surface area contributed by atoms with Crippen LogP contribution in [-0.2, 0) is 9.53 Å². The summed E-state index contributed by atoms with van der Waals surface area (Å²) < 4.78 is 4.60. The Morgan fingerprint density at radius 3 is 2.48 bits per heavy atom. The molecule has 0 saturated carbocycles. The maximum Gasteiger partial charge on any atom is 0.313 e. The van der Waals surface area contributed by atoms with Crippen LogP contribution in [0.3, 0.4) is 0 Å². The lowest BCUT2D eigenvalue weighted by Crippen LogP contribution is -2.41. The molecule has 2 atom stereocenters. The molecule has 0 unspecified atom stereocenters. The standard InChI is InChI=1S/C15H17NO5/c1-8-4-5-10-11(6-8)14(19)16(13(10)18)7-12(9(2)17)15(20)21-3/h4-6,9,12,17H,7H2,1-3H3/t9-,12+/m1/s1. The van der Waals surface area contributed by atoms with Crippen LogP contribution >= 0.6 is 0 Å². The highest BCUT2D eigenvalue weighted by Gasteiger charge is 2.39. The third-order valence-electron chi connectivity index (χ3n) is 3.59. The van der Waals surface area contributed by atoms with Gasteiger partial charge in [-0.15, -0.1) is 0 Å². The van der Waals surface area contributed by atoms with Gasteiger partial charge in [-0.3, -0.25) is 19.3 Å². The zero-order valence-electron chi connectivity index (χ0n) is 12.1. The van der Waals surface area contributed by atoms with Crippen LogP contribution in [0.1, 0.15) is 33.2 Å². The fourth-order valence-electron chi connectivity index (χ4n) is 2.34. The Balaban J connectivity index is 2.29. The topological polar surface area (TPSA) is 83.9 Å². The molecule has 1 aliphatic heterocycles. The van der Waals surface area contributed by atoms with Crippen LogP contribution in [0.2, 0.25) is 0 Å². The zero-order chi connectivity index (χ0) is 15.7. The molecule has 1 aromatic carbocycles. The van der Waals surface area contributed by atoms with Crippen molar-refractivity contribution < 1.29 is 24.2 Å². The van der Waals surface area contributed by atoms with E-state index in [9.17, 15) is 19.5 Å². The van der Waals surface area contributed by atoms with Crippen molar-refractivity contribution in [2.45, 2.75) is 20.0 Å². The van der Waals surface area contributed by atoms with E-state index in [0.29, 0.717) is 11.1 Å². The second-order valence-corrected chi connectivity index (χ2v) is 5.14. The minimum atomic E-state index is -1.02. The van der Waals surface area contributed by atoms with Gasteiger partial charge in [-0.2, -0.15) is 0 Å². The smallest absolute Gasteiger partial charge is 0.313 e. The number of ether oxygens (including phenoxy) is 1. The molecule has 1 N–H and O–H groups in total. The summed E-state index contributed by atoms with van der Waals surface area (Å²) in [4.78, 5) is 37.2. The maximum absolute atomic E-state index is 12.3. The molecule has 0 spiro atoms. The van der Waals surface area contributed by atoms with Gasteiger partial charge < -0.3 is 9.84 Å². The Labute approximate surface area is 122 Å². The molecule has 1 aromatic rings. The van der Waals surface area contributed by atoms with E-state index in [-0.39, 0.29) is 6.54 Å². The Kier molecular flexibility index (Phi) is 4.09. The van der Waals surface area contributed by atoms with Crippen LogP contribution in [0.4, 0.5) is 0 Å². The summed E-state index contributed by atoms with van der Waals surface area (Å²) in [6.45, 7) is 3.05. The molecule has 6 nitrogen and oxygen atoms in total. The SMILES string of the molecule is COC(=O)[C@@H](CN1C(=O)c2ccc(C)cc2C1=O)[C@@H](C)O. The predicted molar refractivity (Wildman–Crippen MR) is 73.7 cm³/mol. The highest BCUT2D eigenvalue weighted by Crippen LogP contribution is 2.25.